The second-order valence-electron chi connectivity index (χ2n) is 31.3. The molecular weight excluding hydrogens is 1380 g/mol. The number of ketones is 2. The maximum Gasteiger partial charge on any atom is 0.234 e. The molecule has 6 nitrogen and oxygen atoms in total. The van der Waals surface area contributed by atoms with Gasteiger partial charge in [0, 0.05) is 97.6 Å². The van der Waals surface area contributed by atoms with Gasteiger partial charge in [-0.2, -0.15) is 0 Å². The average Bonchev–Trinajstić information content (AvgIpc) is 1.59. The summed E-state index contributed by atoms with van der Waals surface area (Å²) in [5.74, 6) is -0.539. The van der Waals surface area contributed by atoms with Crippen LogP contribution in [-0.4, -0.2) is 11.6 Å². The predicted octanol–water partition coefficient (Wildman–Crippen LogP) is 29.3. The molecule has 0 unspecified atom stereocenters. The molecule has 4 heterocycles. The lowest BCUT2D eigenvalue weighted by Crippen LogP contribution is -2.23. The van der Waals surface area contributed by atoms with E-state index >= 15 is 0 Å². The summed E-state index contributed by atoms with van der Waals surface area (Å²) in [6.07, 6.45) is 0. The number of halogens is 1. The van der Waals surface area contributed by atoms with Gasteiger partial charge in [-0.15, -0.1) is 0 Å². The number of hydrogen-bond acceptors (Lipinski definition) is 6. The van der Waals surface area contributed by atoms with Gasteiger partial charge in [0.15, 0.2) is 0 Å². The SMILES string of the molecule is CC(C)c1cccc2c1oc1c(-c3ccccc3)cc3c(c12)-c1c(cc(C(C)(C)C)c2c1oc1c(-c4cccc(-c5ccccc5)c4)cccc12)C(=O)C3=O.CC(C)c1cccc2c1oc1c(-c3ccccc3)ccc(-c3c(Br)cc(C(C)(C)C)c4c3oc3c(-c5cccc(-c6ccccc6)c5)cccc34)c12. The van der Waals surface area contributed by atoms with E-state index in [1.807, 2.05) is 48.5 Å². The maximum atomic E-state index is 14.5. The molecule has 0 atom stereocenters. The minimum absolute atomic E-state index is 0.139. The summed E-state index contributed by atoms with van der Waals surface area (Å²) in [7, 11) is 0. The minimum atomic E-state index is -0.528. The Balaban J connectivity index is 0.000000152. The highest BCUT2D eigenvalue weighted by molar-refractivity contribution is 9.10. The fourth-order valence-electron chi connectivity index (χ4n) is 16.6. The van der Waals surface area contributed by atoms with Gasteiger partial charge in [0.1, 0.15) is 44.7 Å². The van der Waals surface area contributed by atoms with Crippen molar-refractivity contribution in [3.05, 3.63) is 311 Å². The summed E-state index contributed by atoms with van der Waals surface area (Å²) < 4.78 is 29.3. The molecule has 18 aromatic rings. The first kappa shape index (κ1) is 67.0. The fraction of sp³-hybridized carbons (Fsp3) is 0.140. The molecular formula is C100H77BrO6. The first-order valence-electron chi connectivity index (χ1n) is 37.0. The van der Waals surface area contributed by atoms with Crippen LogP contribution in [0.2, 0.25) is 0 Å². The van der Waals surface area contributed by atoms with Crippen molar-refractivity contribution in [3.63, 3.8) is 0 Å². The van der Waals surface area contributed by atoms with E-state index in [2.05, 4.69) is 310 Å². The molecule has 0 saturated carbocycles. The molecule has 4 aromatic heterocycles. The third-order valence-electron chi connectivity index (χ3n) is 21.8. The topological polar surface area (TPSA) is 86.7 Å². The van der Waals surface area contributed by atoms with Crippen LogP contribution in [0.1, 0.15) is 124 Å². The van der Waals surface area contributed by atoms with Gasteiger partial charge in [-0.3, -0.25) is 9.59 Å². The zero-order chi connectivity index (χ0) is 73.5. The number of fused-ring (bicyclic) bond motifs is 17. The van der Waals surface area contributed by atoms with Crippen LogP contribution in [0.25, 0.3) is 177 Å². The Hall–Kier alpha value is -11.9. The maximum absolute atomic E-state index is 14.5. The number of Topliss-reactive ketones (excluding diaryl/α,β-unsaturated/α-hetero) is 2. The second kappa shape index (κ2) is 25.7. The number of para-hydroxylation sites is 4. The first-order valence-corrected chi connectivity index (χ1v) is 37.8. The molecule has 0 radical (unpaired) electrons. The molecule has 1 aliphatic rings. The lowest BCUT2D eigenvalue weighted by atomic mass is 9.75. The monoisotopic (exact) mass is 1450 g/mol. The Bertz CT molecular complexity index is 6660. The Morgan fingerprint density at radius 1 is 0.262 bits per heavy atom. The standard InChI is InChI=1S/C51H38O4.C49H39BrO2/c1-28(2)33-21-13-24-36-43-42-38(26-37(49(43)54-47(33)36)30-17-10-7-11-18-30)45(52)46(53)39-27-40(51(3,4)5)41-35-23-14-22-34(48(35)55-50(41)44(39)42)32-20-12-19-31(25-32)29-15-8-6-9-16-29;1-29(2)34-21-13-23-38-42-37(26-25-36(47(42)51-45(34)38)31-17-10-7-11-18-31)44-41(50)28-40(49(3,4)5)43-39-24-14-22-35(46(39)52-48(43)44)33-20-12-19-32(27-33)30-15-8-6-9-16-30/h6-28H,1-5H3;6-29H,1-5H3. The number of hydrogen-bond donors (Lipinski definition) is 0. The second-order valence-corrected chi connectivity index (χ2v) is 32.1. The van der Waals surface area contributed by atoms with Crippen molar-refractivity contribution in [1.29, 1.82) is 0 Å². The third-order valence-corrected chi connectivity index (χ3v) is 22.4. The van der Waals surface area contributed by atoms with E-state index < -0.39 is 11.6 Å². The lowest BCUT2D eigenvalue weighted by Gasteiger charge is -2.26. The summed E-state index contributed by atoms with van der Waals surface area (Å²) in [4.78, 5) is 29.0. The molecule has 7 heteroatoms. The zero-order valence-corrected chi connectivity index (χ0v) is 63.0. The van der Waals surface area contributed by atoms with Crippen LogP contribution in [0.15, 0.2) is 295 Å². The first-order chi connectivity index (χ1) is 51.8. The highest BCUT2D eigenvalue weighted by atomic mass is 79.9. The normalized spacial score (nSPS) is 12.6. The van der Waals surface area contributed by atoms with Gasteiger partial charge in [-0.05, 0) is 131 Å². The molecule has 107 heavy (non-hydrogen) atoms. The molecule has 0 bridgehead atoms. The highest BCUT2D eigenvalue weighted by Gasteiger charge is 2.40. The van der Waals surface area contributed by atoms with Crippen LogP contribution in [0.4, 0.5) is 0 Å². The zero-order valence-electron chi connectivity index (χ0n) is 61.5. The van der Waals surface area contributed by atoms with Crippen LogP contribution in [0.5, 0.6) is 0 Å². The molecule has 0 spiro atoms. The molecule has 0 amide bonds. The Morgan fingerprint density at radius 3 is 1.09 bits per heavy atom. The van der Waals surface area contributed by atoms with Crippen molar-refractivity contribution in [2.75, 3.05) is 0 Å². The van der Waals surface area contributed by atoms with Crippen molar-refractivity contribution in [2.45, 2.75) is 91.9 Å². The van der Waals surface area contributed by atoms with Gasteiger partial charge in [0.2, 0.25) is 11.6 Å². The Labute approximate surface area is 630 Å². The molecule has 0 fully saturated rings. The summed E-state index contributed by atoms with van der Waals surface area (Å²) in [6.45, 7) is 22.1. The summed E-state index contributed by atoms with van der Waals surface area (Å²) in [6, 6.07) is 95.0. The van der Waals surface area contributed by atoms with Crippen LogP contribution < -0.4 is 0 Å². The van der Waals surface area contributed by atoms with Crippen molar-refractivity contribution < 1.29 is 27.3 Å². The van der Waals surface area contributed by atoms with Gasteiger partial charge in [-0.1, -0.05) is 322 Å². The van der Waals surface area contributed by atoms with Gasteiger partial charge in [0.25, 0.3) is 0 Å². The van der Waals surface area contributed by atoms with E-state index in [9.17, 15) is 9.59 Å². The number of carbonyl (C=O) groups is 2. The summed E-state index contributed by atoms with van der Waals surface area (Å²) in [5.41, 5.74) is 27.3. The van der Waals surface area contributed by atoms with Gasteiger partial charge in [-0.25, -0.2) is 0 Å². The third kappa shape index (κ3) is 11.0. The summed E-state index contributed by atoms with van der Waals surface area (Å²) in [5, 5.41) is 8.12. The van der Waals surface area contributed by atoms with E-state index in [-0.39, 0.29) is 16.7 Å². The van der Waals surface area contributed by atoms with Crippen molar-refractivity contribution in [3.8, 4) is 89.0 Å². The van der Waals surface area contributed by atoms with Crippen LogP contribution >= 0.6 is 15.9 Å². The summed E-state index contributed by atoms with van der Waals surface area (Å²) >= 11 is 4.10. The highest BCUT2D eigenvalue weighted by Crippen LogP contribution is 2.56. The van der Waals surface area contributed by atoms with Gasteiger partial charge in [0.05, 0.1) is 0 Å². The van der Waals surface area contributed by atoms with Crippen LogP contribution in [0, 0.1) is 0 Å². The Morgan fingerprint density at radius 2 is 0.617 bits per heavy atom. The Kier molecular flexibility index (Phi) is 16.1. The molecule has 0 N–H and O–H groups in total. The van der Waals surface area contributed by atoms with E-state index in [1.54, 1.807) is 0 Å². The number of carbonyl (C=O) groups excluding carboxylic acids is 2. The lowest BCUT2D eigenvalue weighted by molar-refractivity contribution is 0.0815. The van der Waals surface area contributed by atoms with E-state index in [0.717, 1.165) is 159 Å². The van der Waals surface area contributed by atoms with Crippen molar-refractivity contribution >= 4 is 115 Å². The van der Waals surface area contributed by atoms with Crippen molar-refractivity contribution in [1.82, 2.24) is 0 Å². The minimum Gasteiger partial charge on any atom is -0.455 e. The molecule has 1 aliphatic carbocycles. The molecule has 0 aliphatic heterocycles. The average molecular weight is 1450 g/mol. The largest absolute Gasteiger partial charge is 0.455 e. The fourth-order valence-corrected chi connectivity index (χ4v) is 17.2. The van der Waals surface area contributed by atoms with Crippen molar-refractivity contribution in [2.24, 2.45) is 0 Å². The van der Waals surface area contributed by atoms with E-state index in [0.29, 0.717) is 39.3 Å². The molecule has 520 valence electrons. The van der Waals surface area contributed by atoms with Crippen LogP contribution in [-0.2, 0) is 10.8 Å². The number of furan rings is 4. The predicted molar refractivity (Wildman–Crippen MR) is 447 cm³/mol. The van der Waals surface area contributed by atoms with E-state index in [1.165, 1.54) is 22.3 Å². The number of rotatable bonds is 9. The molecule has 0 saturated heterocycles. The smallest absolute Gasteiger partial charge is 0.234 e. The quantitative estimate of drug-likeness (QED) is 0.134. The van der Waals surface area contributed by atoms with Gasteiger partial charge < -0.3 is 17.7 Å². The number of benzene rings is 14. The van der Waals surface area contributed by atoms with E-state index in [4.69, 9.17) is 17.7 Å². The molecule has 14 aromatic carbocycles. The molecule has 19 rings (SSSR count). The van der Waals surface area contributed by atoms with Crippen LogP contribution in [0.3, 0.4) is 0 Å². The van der Waals surface area contributed by atoms with Gasteiger partial charge >= 0.3 is 0 Å².